The molecule has 1 saturated carbocycles. The predicted octanol–water partition coefficient (Wildman–Crippen LogP) is 2.17. The maximum Gasteiger partial charge on any atom is 0.220 e. The lowest BCUT2D eigenvalue weighted by molar-refractivity contribution is -0.122. The number of thioether (sulfide) groups is 1. The summed E-state index contributed by atoms with van der Waals surface area (Å²) in [7, 11) is 0. The van der Waals surface area contributed by atoms with Crippen molar-refractivity contribution in [2.75, 3.05) is 19.3 Å². The first-order chi connectivity index (χ1) is 8.79. The molecule has 0 bridgehead atoms. The molecule has 1 heterocycles. The van der Waals surface area contributed by atoms with Crippen LogP contribution < -0.4 is 10.6 Å². The van der Waals surface area contributed by atoms with Crippen molar-refractivity contribution in [2.24, 2.45) is 5.92 Å². The van der Waals surface area contributed by atoms with Gasteiger partial charge >= 0.3 is 0 Å². The minimum absolute atomic E-state index is 0.271. The summed E-state index contributed by atoms with van der Waals surface area (Å²) in [6, 6.07) is 0.419. The largest absolute Gasteiger partial charge is 0.352 e. The summed E-state index contributed by atoms with van der Waals surface area (Å²) in [6.45, 7) is 2.23. The van der Waals surface area contributed by atoms with Crippen molar-refractivity contribution in [3.63, 3.8) is 0 Å². The maximum absolute atomic E-state index is 12.0. The first-order valence-electron chi connectivity index (χ1n) is 7.32. The van der Waals surface area contributed by atoms with Gasteiger partial charge in [-0.3, -0.25) is 4.79 Å². The molecule has 0 spiro atoms. The zero-order valence-electron chi connectivity index (χ0n) is 11.4. The molecule has 0 aromatic rings. The van der Waals surface area contributed by atoms with Gasteiger partial charge in [0.15, 0.2) is 0 Å². The van der Waals surface area contributed by atoms with Gasteiger partial charge in [-0.15, -0.1) is 0 Å². The molecule has 0 radical (unpaired) electrons. The zero-order chi connectivity index (χ0) is 12.8. The standard InChI is InChI=1S/C14H26N2OS/c1-18-13-5-3-2-4-12(13)16-14(17)7-6-11-8-9-15-10-11/h11-13,15H,2-10H2,1H3,(H,16,17). The minimum Gasteiger partial charge on any atom is -0.352 e. The molecule has 1 saturated heterocycles. The van der Waals surface area contributed by atoms with E-state index < -0.39 is 0 Å². The molecule has 3 nitrogen and oxygen atoms in total. The molecule has 2 N–H and O–H groups in total. The monoisotopic (exact) mass is 270 g/mol. The van der Waals surface area contributed by atoms with Gasteiger partial charge in [0, 0.05) is 17.7 Å². The van der Waals surface area contributed by atoms with Crippen LogP contribution in [0.25, 0.3) is 0 Å². The number of amides is 1. The molecule has 0 aromatic carbocycles. The molecule has 2 rings (SSSR count). The fourth-order valence-electron chi connectivity index (χ4n) is 3.12. The molecule has 0 aromatic heterocycles. The van der Waals surface area contributed by atoms with E-state index in [0.717, 1.165) is 25.4 Å². The van der Waals surface area contributed by atoms with Crippen LogP contribution in [0.15, 0.2) is 0 Å². The molecule has 3 unspecified atom stereocenters. The van der Waals surface area contributed by atoms with Crippen LogP contribution in [0.1, 0.15) is 44.9 Å². The molecular weight excluding hydrogens is 244 g/mol. The van der Waals surface area contributed by atoms with E-state index in [0.29, 0.717) is 17.7 Å². The topological polar surface area (TPSA) is 41.1 Å². The molecule has 4 heteroatoms. The van der Waals surface area contributed by atoms with Crippen molar-refractivity contribution in [2.45, 2.75) is 56.2 Å². The second-order valence-electron chi connectivity index (χ2n) is 5.63. The number of nitrogens with one attached hydrogen (secondary N) is 2. The Hall–Kier alpha value is -0.220. The normalized spacial score (nSPS) is 32.4. The Kier molecular flexibility index (Phi) is 5.83. The average Bonchev–Trinajstić information content (AvgIpc) is 2.90. The van der Waals surface area contributed by atoms with Gasteiger partial charge in [0.05, 0.1) is 0 Å². The smallest absolute Gasteiger partial charge is 0.220 e. The van der Waals surface area contributed by atoms with Crippen molar-refractivity contribution in [1.82, 2.24) is 10.6 Å². The highest BCUT2D eigenvalue weighted by Gasteiger charge is 2.25. The van der Waals surface area contributed by atoms with E-state index in [2.05, 4.69) is 16.9 Å². The highest BCUT2D eigenvalue weighted by Crippen LogP contribution is 2.27. The first-order valence-corrected chi connectivity index (χ1v) is 8.61. The van der Waals surface area contributed by atoms with E-state index in [1.807, 2.05) is 11.8 Å². The van der Waals surface area contributed by atoms with E-state index in [1.54, 1.807) is 0 Å². The summed E-state index contributed by atoms with van der Waals surface area (Å²) < 4.78 is 0. The summed E-state index contributed by atoms with van der Waals surface area (Å²) in [5, 5.41) is 7.26. The van der Waals surface area contributed by atoms with Crippen LogP contribution in [0.3, 0.4) is 0 Å². The van der Waals surface area contributed by atoms with Gasteiger partial charge in [-0.05, 0) is 50.9 Å². The van der Waals surface area contributed by atoms with Crippen LogP contribution in [0.4, 0.5) is 0 Å². The van der Waals surface area contributed by atoms with E-state index in [1.165, 1.54) is 32.1 Å². The van der Waals surface area contributed by atoms with Crippen molar-refractivity contribution in [3.8, 4) is 0 Å². The SMILES string of the molecule is CSC1CCCCC1NC(=O)CCC1CCNC1. The van der Waals surface area contributed by atoms with Crippen LogP contribution >= 0.6 is 11.8 Å². The lowest BCUT2D eigenvalue weighted by atomic mass is 9.94. The number of hydrogen-bond donors (Lipinski definition) is 2. The number of carbonyl (C=O) groups is 1. The summed E-state index contributed by atoms with van der Waals surface area (Å²) in [5.41, 5.74) is 0. The highest BCUT2D eigenvalue weighted by atomic mass is 32.2. The number of rotatable bonds is 5. The van der Waals surface area contributed by atoms with Crippen molar-refractivity contribution in [3.05, 3.63) is 0 Å². The Morgan fingerprint density at radius 3 is 2.89 bits per heavy atom. The maximum atomic E-state index is 12.0. The highest BCUT2D eigenvalue weighted by molar-refractivity contribution is 7.99. The van der Waals surface area contributed by atoms with Gasteiger partial charge < -0.3 is 10.6 Å². The molecule has 104 valence electrons. The van der Waals surface area contributed by atoms with Crippen LogP contribution in [0.2, 0.25) is 0 Å². The predicted molar refractivity (Wildman–Crippen MR) is 77.9 cm³/mol. The van der Waals surface area contributed by atoms with Crippen LogP contribution in [-0.4, -0.2) is 36.5 Å². The van der Waals surface area contributed by atoms with E-state index in [-0.39, 0.29) is 5.91 Å². The van der Waals surface area contributed by atoms with Gasteiger partial charge in [-0.25, -0.2) is 0 Å². The van der Waals surface area contributed by atoms with Gasteiger partial charge in [-0.2, -0.15) is 11.8 Å². The van der Waals surface area contributed by atoms with Gasteiger partial charge in [0.2, 0.25) is 5.91 Å². The Balaban J connectivity index is 1.68. The Labute approximate surface area is 115 Å². The van der Waals surface area contributed by atoms with Crippen LogP contribution in [0, 0.1) is 5.92 Å². The third-order valence-electron chi connectivity index (χ3n) is 4.29. The Bertz CT molecular complexity index is 267. The van der Waals surface area contributed by atoms with Crippen molar-refractivity contribution < 1.29 is 4.79 Å². The van der Waals surface area contributed by atoms with E-state index in [9.17, 15) is 4.79 Å². The quantitative estimate of drug-likeness (QED) is 0.804. The minimum atomic E-state index is 0.271. The second kappa shape index (κ2) is 7.39. The van der Waals surface area contributed by atoms with Crippen molar-refractivity contribution in [1.29, 1.82) is 0 Å². The summed E-state index contributed by atoms with van der Waals surface area (Å²) >= 11 is 1.91. The molecule has 1 amide bonds. The third kappa shape index (κ3) is 4.16. The first kappa shape index (κ1) is 14.2. The third-order valence-corrected chi connectivity index (χ3v) is 5.46. The van der Waals surface area contributed by atoms with Gasteiger partial charge in [0.1, 0.15) is 0 Å². The fourth-order valence-corrected chi connectivity index (χ4v) is 4.05. The lowest BCUT2D eigenvalue weighted by Crippen LogP contribution is -2.43. The number of hydrogen-bond acceptors (Lipinski definition) is 3. The fraction of sp³-hybridized carbons (Fsp3) is 0.929. The van der Waals surface area contributed by atoms with E-state index in [4.69, 9.17) is 0 Å². The molecule has 2 aliphatic rings. The molecule has 3 atom stereocenters. The van der Waals surface area contributed by atoms with Crippen LogP contribution in [0.5, 0.6) is 0 Å². The summed E-state index contributed by atoms with van der Waals surface area (Å²) in [5.74, 6) is 0.992. The van der Waals surface area contributed by atoms with Gasteiger partial charge in [0.25, 0.3) is 0 Å². The zero-order valence-corrected chi connectivity index (χ0v) is 12.2. The second-order valence-corrected chi connectivity index (χ2v) is 6.71. The Morgan fingerprint density at radius 2 is 2.17 bits per heavy atom. The van der Waals surface area contributed by atoms with Gasteiger partial charge in [-0.1, -0.05) is 12.8 Å². The molecule has 18 heavy (non-hydrogen) atoms. The molecule has 1 aliphatic heterocycles. The molecule has 1 aliphatic carbocycles. The van der Waals surface area contributed by atoms with E-state index >= 15 is 0 Å². The molecule has 2 fully saturated rings. The summed E-state index contributed by atoms with van der Waals surface area (Å²) in [6.07, 6.45) is 10.2. The lowest BCUT2D eigenvalue weighted by Gasteiger charge is -2.31. The number of carbonyl (C=O) groups excluding carboxylic acids is 1. The Morgan fingerprint density at radius 1 is 1.33 bits per heavy atom. The average molecular weight is 270 g/mol. The van der Waals surface area contributed by atoms with Crippen molar-refractivity contribution >= 4 is 17.7 Å². The summed E-state index contributed by atoms with van der Waals surface area (Å²) in [4.78, 5) is 12.0. The van der Waals surface area contributed by atoms with Crippen LogP contribution in [-0.2, 0) is 4.79 Å². The molecular formula is C14H26N2OS.